The topological polar surface area (TPSA) is 38.5 Å². The summed E-state index contributed by atoms with van der Waals surface area (Å²) in [5, 5.41) is 0.767. The quantitative estimate of drug-likeness (QED) is 0.912. The highest BCUT2D eigenvalue weighted by molar-refractivity contribution is 9.10. The van der Waals surface area contributed by atoms with Crippen LogP contribution in [-0.4, -0.2) is 36.7 Å². The lowest BCUT2D eigenvalue weighted by molar-refractivity contribution is -0.0967. The highest BCUT2D eigenvalue weighted by atomic mass is 79.9. The van der Waals surface area contributed by atoms with E-state index in [1.165, 1.54) is 0 Å². The lowest BCUT2D eigenvalue weighted by atomic mass is 10.0. The molecule has 19 heavy (non-hydrogen) atoms. The molecule has 1 aromatic carbocycles. The summed E-state index contributed by atoms with van der Waals surface area (Å²) in [5.74, 6) is 0. The number of halogens is 2. The van der Waals surface area contributed by atoms with Gasteiger partial charge in [-0.25, -0.2) is 0 Å². The van der Waals surface area contributed by atoms with Crippen LogP contribution < -0.4 is 5.73 Å². The Bertz CT molecular complexity index is 453. The summed E-state index contributed by atoms with van der Waals surface area (Å²) in [5.41, 5.74) is 6.93. The van der Waals surface area contributed by atoms with Crippen molar-refractivity contribution in [1.82, 2.24) is 4.90 Å². The van der Waals surface area contributed by atoms with E-state index in [4.69, 9.17) is 22.1 Å². The smallest absolute Gasteiger partial charge is 0.0753 e. The van der Waals surface area contributed by atoms with E-state index in [2.05, 4.69) is 40.7 Å². The normalized spacial score (nSPS) is 21.3. The van der Waals surface area contributed by atoms with E-state index in [9.17, 15) is 0 Å². The second kappa shape index (κ2) is 6.10. The molecule has 0 bridgehead atoms. The van der Waals surface area contributed by atoms with E-state index in [-0.39, 0.29) is 11.6 Å². The van der Waals surface area contributed by atoms with Crippen molar-refractivity contribution in [3.8, 4) is 0 Å². The molecule has 0 aliphatic carbocycles. The van der Waals surface area contributed by atoms with Crippen molar-refractivity contribution in [2.45, 2.75) is 25.5 Å². The third kappa shape index (κ3) is 3.70. The maximum atomic E-state index is 6.33. The van der Waals surface area contributed by atoms with Crippen LogP contribution in [0.25, 0.3) is 0 Å². The van der Waals surface area contributed by atoms with Gasteiger partial charge in [0, 0.05) is 35.2 Å². The van der Waals surface area contributed by atoms with E-state index in [1.54, 1.807) is 0 Å². The fourth-order valence-electron chi connectivity index (χ4n) is 2.56. The predicted octanol–water partition coefficient (Wildman–Crippen LogP) is 3.21. The van der Waals surface area contributed by atoms with Crippen molar-refractivity contribution in [3.05, 3.63) is 33.3 Å². The van der Waals surface area contributed by atoms with Crippen LogP contribution in [0.1, 0.15) is 25.5 Å². The number of hydrogen-bond acceptors (Lipinski definition) is 3. The van der Waals surface area contributed by atoms with Gasteiger partial charge in [-0.3, -0.25) is 4.90 Å². The molecule has 0 aromatic heterocycles. The van der Waals surface area contributed by atoms with Crippen LogP contribution in [0.15, 0.2) is 22.7 Å². The molecular formula is C14H20BrClN2O. The summed E-state index contributed by atoms with van der Waals surface area (Å²) in [6.45, 7) is 7.23. The van der Waals surface area contributed by atoms with Gasteiger partial charge in [-0.05, 0) is 37.6 Å². The molecule has 1 unspecified atom stereocenters. The largest absolute Gasteiger partial charge is 0.373 e. The zero-order valence-electron chi connectivity index (χ0n) is 11.3. The van der Waals surface area contributed by atoms with E-state index in [0.29, 0.717) is 6.54 Å². The number of nitrogens with zero attached hydrogens (tertiary/aromatic N) is 1. The fourth-order valence-corrected chi connectivity index (χ4v) is 3.18. The second-order valence-electron chi connectivity index (χ2n) is 5.50. The molecule has 0 saturated carbocycles. The first kappa shape index (κ1) is 15.3. The van der Waals surface area contributed by atoms with Gasteiger partial charge in [0.25, 0.3) is 0 Å². The van der Waals surface area contributed by atoms with Gasteiger partial charge in [-0.1, -0.05) is 27.5 Å². The number of hydrogen-bond donors (Lipinski definition) is 1. The van der Waals surface area contributed by atoms with Crippen LogP contribution in [0.3, 0.4) is 0 Å². The zero-order valence-corrected chi connectivity index (χ0v) is 13.7. The third-order valence-electron chi connectivity index (χ3n) is 3.44. The molecule has 1 saturated heterocycles. The van der Waals surface area contributed by atoms with Crippen molar-refractivity contribution < 1.29 is 4.74 Å². The fraction of sp³-hybridized carbons (Fsp3) is 0.571. The van der Waals surface area contributed by atoms with Crippen molar-refractivity contribution >= 4 is 27.5 Å². The third-order valence-corrected chi connectivity index (χ3v) is 4.27. The molecule has 1 fully saturated rings. The zero-order chi connectivity index (χ0) is 14.0. The van der Waals surface area contributed by atoms with Crippen LogP contribution in [0.4, 0.5) is 0 Å². The SMILES string of the molecule is CC1(C)CN(C(CN)c2cc(Br)ccc2Cl)CCO1. The van der Waals surface area contributed by atoms with Crippen molar-refractivity contribution in [2.75, 3.05) is 26.2 Å². The summed E-state index contributed by atoms with van der Waals surface area (Å²) in [4.78, 5) is 2.36. The number of nitrogens with two attached hydrogens (primary N) is 1. The Morgan fingerprint density at radius 1 is 1.53 bits per heavy atom. The lowest BCUT2D eigenvalue weighted by Crippen LogP contribution is -2.50. The molecule has 1 heterocycles. The van der Waals surface area contributed by atoms with Gasteiger partial charge >= 0.3 is 0 Å². The average Bonchev–Trinajstić information content (AvgIpc) is 2.33. The van der Waals surface area contributed by atoms with E-state index >= 15 is 0 Å². The highest BCUT2D eigenvalue weighted by Gasteiger charge is 2.32. The molecule has 2 rings (SSSR count). The number of benzene rings is 1. The molecule has 1 aromatic rings. The molecule has 0 spiro atoms. The minimum Gasteiger partial charge on any atom is -0.373 e. The first-order valence-corrected chi connectivity index (χ1v) is 7.63. The van der Waals surface area contributed by atoms with Crippen LogP contribution >= 0.6 is 27.5 Å². The molecule has 106 valence electrons. The maximum absolute atomic E-state index is 6.33. The van der Waals surface area contributed by atoms with Gasteiger partial charge in [0.15, 0.2) is 0 Å². The molecular weight excluding hydrogens is 328 g/mol. The van der Waals surface area contributed by atoms with Crippen molar-refractivity contribution in [1.29, 1.82) is 0 Å². The van der Waals surface area contributed by atoms with Gasteiger partial charge in [0.1, 0.15) is 0 Å². The van der Waals surface area contributed by atoms with Gasteiger partial charge in [0.05, 0.1) is 12.2 Å². The number of rotatable bonds is 3. The lowest BCUT2D eigenvalue weighted by Gasteiger charge is -2.42. The Morgan fingerprint density at radius 3 is 2.89 bits per heavy atom. The maximum Gasteiger partial charge on any atom is 0.0753 e. The highest BCUT2D eigenvalue weighted by Crippen LogP contribution is 2.32. The molecule has 2 N–H and O–H groups in total. The van der Waals surface area contributed by atoms with E-state index in [0.717, 1.165) is 34.8 Å². The predicted molar refractivity (Wildman–Crippen MR) is 82.6 cm³/mol. The van der Waals surface area contributed by atoms with Crippen molar-refractivity contribution in [3.63, 3.8) is 0 Å². The van der Waals surface area contributed by atoms with Crippen molar-refractivity contribution in [2.24, 2.45) is 5.73 Å². The molecule has 0 amide bonds. The molecule has 5 heteroatoms. The summed E-state index contributed by atoms with van der Waals surface area (Å²) in [7, 11) is 0. The Labute approximate surface area is 128 Å². The van der Waals surface area contributed by atoms with E-state index < -0.39 is 0 Å². The minimum absolute atomic E-state index is 0.133. The molecule has 3 nitrogen and oxygen atoms in total. The van der Waals surface area contributed by atoms with Gasteiger partial charge < -0.3 is 10.5 Å². The molecule has 1 atom stereocenters. The summed E-state index contributed by atoms with van der Waals surface area (Å²) in [6, 6.07) is 6.05. The summed E-state index contributed by atoms with van der Waals surface area (Å²) >= 11 is 9.82. The molecule has 1 aliphatic rings. The second-order valence-corrected chi connectivity index (χ2v) is 6.82. The monoisotopic (exact) mass is 346 g/mol. The number of morpholine rings is 1. The Balaban J connectivity index is 2.26. The van der Waals surface area contributed by atoms with Crippen LogP contribution in [0, 0.1) is 0 Å². The standard InChI is InChI=1S/C14H20BrClN2O/c1-14(2)9-18(5-6-19-14)13(8-17)11-7-10(15)3-4-12(11)16/h3-4,7,13H,5-6,8-9,17H2,1-2H3. The molecule has 1 aliphatic heterocycles. The minimum atomic E-state index is -0.135. The van der Waals surface area contributed by atoms with Crippen LogP contribution in [0.5, 0.6) is 0 Å². The van der Waals surface area contributed by atoms with Crippen LogP contribution in [0.2, 0.25) is 5.02 Å². The van der Waals surface area contributed by atoms with Gasteiger partial charge in [0.2, 0.25) is 0 Å². The van der Waals surface area contributed by atoms with E-state index in [1.807, 2.05) is 12.1 Å². The first-order valence-electron chi connectivity index (χ1n) is 6.46. The Morgan fingerprint density at radius 2 is 2.26 bits per heavy atom. The molecule has 0 radical (unpaired) electrons. The van der Waals surface area contributed by atoms with Crippen LogP contribution in [-0.2, 0) is 4.74 Å². The summed E-state index contributed by atoms with van der Waals surface area (Å²) < 4.78 is 6.78. The van der Waals surface area contributed by atoms with Gasteiger partial charge in [-0.15, -0.1) is 0 Å². The Kier molecular flexibility index (Phi) is 4.90. The average molecular weight is 348 g/mol. The summed E-state index contributed by atoms with van der Waals surface area (Å²) in [6.07, 6.45) is 0. The number of ether oxygens (including phenoxy) is 1. The Hall–Kier alpha value is -0.130. The van der Waals surface area contributed by atoms with Gasteiger partial charge in [-0.2, -0.15) is 0 Å². The first-order chi connectivity index (χ1) is 8.93.